The van der Waals surface area contributed by atoms with Gasteiger partial charge in [0.25, 0.3) is 0 Å². The number of phenols is 1. The Kier molecular flexibility index (Phi) is 4.97. The van der Waals surface area contributed by atoms with Gasteiger partial charge in [0.1, 0.15) is 11.6 Å². The van der Waals surface area contributed by atoms with Crippen LogP contribution in [0.3, 0.4) is 0 Å². The van der Waals surface area contributed by atoms with Crippen LogP contribution in [0.4, 0.5) is 17.6 Å². The molecule has 0 spiro atoms. The molecule has 0 heterocycles. The first-order chi connectivity index (χ1) is 9.34. The zero-order valence-electron chi connectivity index (χ0n) is 11.4. The standard InChI is InChI=1S/C13H16BrF4NO2/c1-11(2,5-12(21,6-19)13(16,17)18)8-3-7(15)4-9(14)10(8)20/h3-4,20-21H,5-6,19H2,1-2H3. The van der Waals surface area contributed by atoms with Crippen LogP contribution in [-0.4, -0.2) is 28.5 Å². The number of hydrogen-bond donors (Lipinski definition) is 3. The molecule has 0 fully saturated rings. The van der Waals surface area contributed by atoms with Gasteiger partial charge in [-0.1, -0.05) is 13.8 Å². The summed E-state index contributed by atoms with van der Waals surface area (Å²) in [6.45, 7) is 1.69. The highest BCUT2D eigenvalue weighted by Gasteiger charge is 2.55. The largest absolute Gasteiger partial charge is 0.506 e. The summed E-state index contributed by atoms with van der Waals surface area (Å²) in [5.74, 6) is -1.09. The van der Waals surface area contributed by atoms with Crippen molar-refractivity contribution in [2.45, 2.75) is 37.5 Å². The van der Waals surface area contributed by atoms with Crippen molar-refractivity contribution in [1.82, 2.24) is 0 Å². The van der Waals surface area contributed by atoms with Gasteiger partial charge >= 0.3 is 6.18 Å². The average Bonchev–Trinajstić information content (AvgIpc) is 2.31. The van der Waals surface area contributed by atoms with Crippen LogP contribution in [-0.2, 0) is 5.41 Å². The minimum absolute atomic E-state index is 0.0221. The Morgan fingerprint density at radius 1 is 1.24 bits per heavy atom. The van der Waals surface area contributed by atoms with E-state index in [4.69, 9.17) is 5.73 Å². The summed E-state index contributed by atoms with van der Waals surface area (Å²) >= 11 is 2.93. The van der Waals surface area contributed by atoms with Gasteiger partial charge in [0.2, 0.25) is 0 Å². The summed E-state index contributed by atoms with van der Waals surface area (Å²) in [5, 5.41) is 19.7. The Morgan fingerprint density at radius 2 is 1.76 bits per heavy atom. The quantitative estimate of drug-likeness (QED) is 0.710. The molecule has 1 aromatic rings. The lowest BCUT2D eigenvalue weighted by atomic mass is 9.74. The van der Waals surface area contributed by atoms with Crippen LogP contribution in [0.25, 0.3) is 0 Å². The van der Waals surface area contributed by atoms with Crippen molar-refractivity contribution in [3.8, 4) is 5.75 Å². The lowest BCUT2D eigenvalue weighted by Gasteiger charge is -2.37. The van der Waals surface area contributed by atoms with E-state index in [9.17, 15) is 27.8 Å². The highest BCUT2D eigenvalue weighted by molar-refractivity contribution is 9.10. The minimum Gasteiger partial charge on any atom is -0.506 e. The van der Waals surface area contributed by atoms with E-state index in [1.54, 1.807) is 0 Å². The molecule has 0 radical (unpaired) electrons. The van der Waals surface area contributed by atoms with Crippen molar-refractivity contribution in [3.05, 3.63) is 28.0 Å². The Labute approximate surface area is 127 Å². The molecule has 4 N–H and O–H groups in total. The van der Waals surface area contributed by atoms with Gasteiger partial charge in [-0.15, -0.1) is 0 Å². The van der Waals surface area contributed by atoms with Crippen molar-refractivity contribution in [3.63, 3.8) is 0 Å². The third-order valence-corrected chi connectivity index (χ3v) is 3.96. The Morgan fingerprint density at radius 3 is 2.19 bits per heavy atom. The van der Waals surface area contributed by atoms with Crippen molar-refractivity contribution in [1.29, 1.82) is 0 Å². The smallest absolute Gasteiger partial charge is 0.418 e. The van der Waals surface area contributed by atoms with Crippen molar-refractivity contribution < 1.29 is 27.8 Å². The molecular formula is C13H16BrF4NO2. The minimum atomic E-state index is -4.93. The maximum atomic E-state index is 13.4. The molecule has 120 valence electrons. The molecule has 1 atom stereocenters. The zero-order valence-corrected chi connectivity index (χ0v) is 13.0. The summed E-state index contributed by atoms with van der Waals surface area (Å²) in [7, 11) is 0. The van der Waals surface area contributed by atoms with E-state index in [1.807, 2.05) is 0 Å². The Hall–Kier alpha value is -0.860. The molecule has 8 heteroatoms. The van der Waals surface area contributed by atoms with Crippen LogP contribution < -0.4 is 5.73 Å². The number of aromatic hydroxyl groups is 1. The molecule has 0 aliphatic carbocycles. The Balaban J connectivity index is 3.29. The van der Waals surface area contributed by atoms with Crippen LogP contribution >= 0.6 is 15.9 Å². The highest BCUT2D eigenvalue weighted by atomic mass is 79.9. The second kappa shape index (κ2) is 5.73. The van der Waals surface area contributed by atoms with Crippen LogP contribution in [0.5, 0.6) is 5.75 Å². The fourth-order valence-corrected chi connectivity index (χ4v) is 2.63. The molecule has 1 rings (SSSR count). The second-order valence-corrected chi connectivity index (χ2v) is 6.43. The molecule has 0 aliphatic rings. The number of nitrogens with two attached hydrogens (primary N) is 1. The molecule has 0 amide bonds. The molecule has 1 unspecified atom stereocenters. The number of hydrogen-bond acceptors (Lipinski definition) is 3. The maximum absolute atomic E-state index is 13.4. The summed E-state index contributed by atoms with van der Waals surface area (Å²) in [6.07, 6.45) is -5.75. The third kappa shape index (κ3) is 3.67. The number of phenolic OH excluding ortho intramolecular Hbond substituents is 1. The van der Waals surface area contributed by atoms with E-state index < -0.39 is 36.0 Å². The van der Waals surface area contributed by atoms with Gasteiger partial charge in [-0.25, -0.2) is 4.39 Å². The lowest BCUT2D eigenvalue weighted by molar-refractivity contribution is -0.262. The fraction of sp³-hybridized carbons (Fsp3) is 0.538. The van der Waals surface area contributed by atoms with Crippen LogP contribution in [0.2, 0.25) is 0 Å². The molecule has 0 bridgehead atoms. The van der Waals surface area contributed by atoms with E-state index in [0.717, 1.165) is 12.1 Å². The summed E-state index contributed by atoms with van der Waals surface area (Å²) < 4.78 is 52.3. The number of benzene rings is 1. The number of aliphatic hydroxyl groups is 1. The third-order valence-electron chi connectivity index (χ3n) is 3.36. The first-order valence-electron chi connectivity index (χ1n) is 6.02. The molecule has 21 heavy (non-hydrogen) atoms. The van der Waals surface area contributed by atoms with Crippen LogP contribution in [0.1, 0.15) is 25.8 Å². The topological polar surface area (TPSA) is 66.5 Å². The average molecular weight is 374 g/mol. The predicted molar refractivity (Wildman–Crippen MR) is 73.5 cm³/mol. The normalized spacial score (nSPS) is 15.9. The second-order valence-electron chi connectivity index (χ2n) is 5.58. The van der Waals surface area contributed by atoms with E-state index >= 15 is 0 Å². The molecular weight excluding hydrogens is 358 g/mol. The number of rotatable bonds is 4. The number of halogens is 5. The molecule has 0 aromatic heterocycles. The van der Waals surface area contributed by atoms with E-state index in [2.05, 4.69) is 15.9 Å². The van der Waals surface area contributed by atoms with E-state index in [0.29, 0.717) is 0 Å². The summed E-state index contributed by atoms with van der Waals surface area (Å²) in [5.41, 5.74) is 0.524. The highest BCUT2D eigenvalue weighted by Crippen LogP contribution is 2.44. The maximum Gasteiger partial charge on any atom is 0.418 e. The van der Waals surface area contributed by atoms with Gasteiger partial charge in [0, 0.05) is 12.1 Å². The van der Waals surface area contributed by atoms with Crippen LogP contribution in [0, 0.1) is 5.82 Å². The SMILES string of the molecule is CC(C)(CC(O)(CN)C(F)(F)F)c1cc(F)cc(Br)c1O. The predicted octanol–water partition coefficient (Wildman–Crippen LogP) is 3.21. The zero-order chi connectivity index (χ0) is 16.6. The van der Waals surface area contributed by atoms with Crippen molar-refractivity contribution in [2.75, 3.05) is 6.54 Å². The summed E-state index contributed by atoms with van der Waals surface area (Å²) in [6, 6.07) is 1.93. The van der Waals surface area contributed by atoms with Gasteiger partial charge in [-0.2, -0.15) is 13.2 Å². The summed E-state index contributed by atoms with van der Waals surface area (Å²) in [4.78, 5) is 0. The molecule has 1 aromatic carbocycles. The number of alkyl halides is 3. The first-order valence-corrected chi connectivity index (χ1v) is 6.81. The monoisotopic (exact) mass is 373 g/mol. The van der Waals surface area contributed by atoms with Gasteiger partial charge in [-0.3, -0.25) is 0 Å². The van der Waals surface area contributed by atoms with Gasteiger partial charge in [0.15, 0.2) is 5.60 Å². The van der Waals surface area contributed by atoms with Gasteiger partial charge in [0.05, 0.1) is 4.47 Å². The fourth-order valence-electron chi connectivity index (χ4n) is 2.20. The van der Waals surface area contributed by atoms with Gasteiger partial charge < -0.3 is 15.9 Å². The molecule has 0 saturated carbocycles. The van der Waals surface area contributed by atoms with Crippen molar-refractivity contribution in [2.24, 2.45) is 5.73 Å². The molecule has 0 saturated heterocycles. The van der Waals surface area contributed by atoms with E-state index in [1.165, 1.54) is 13.8 Å². The Bertz CT molecular complexity index is 534. The van der Waals surface area contributed by atoms with Crippen LogP contribution in [0.15, 0.2) is 16.6 Å². The van der Waals surface area contributed by atoms with E-state index in [-0.39, 0.29) is 15.8 Å². The first kappa shape index (κ1) is 18.2. The van der Waals surface area contributed by atoms with Crippen molar-refractivity contribution >= 4 is 15.9 Å². The lowest BCUT2D eigenvalue weighted by Crippen LogP contribution is -2.54. The molecule has 0 aliphatic heterocycles. The van der Waals surface area contributed by atoms with Gasteiger partial charge in [-0.05, 0) is 39.9 Å². The molecule has 3 nitrogen and oxygen atoms in total.